The molecule has 1 saturated heterocycles. The molecule has 1 amide bonds. The van der Waals surface area contributed by atoms with Crippen LogP contribution in [0.25, 0.3) is 0 Å². The Morgan fingerprint density at radius 2 is 2.24 bits per heavy atom. The molecule has 2 rings (SSSR count). The van der Waals surface area contributed by atoms with Gasteiger partial charge in [-0.3, -0.25) is 4.79 Å². The molecule has 8 heteroatoms. The molecule has 1 aromatic rings. The molecule has 0 radical (unpaired) electrons. The summed E-state index contributed by atoms with van der Waals surface area (Å²) in [4.78, 5) is 25.7. The Bertz CT molecular complexity index is 573. The third-order valence-electron chi connectivity index (χ3n) is 4.51. The number of ether oxygens (including phenoxy) is 1. The van der Waals surface area contributed by atoms with E-state index in [4.69, 9.17) is 4.52 Å². The van der Waals surface area contributed by atoms with Gasteiger partial charge in [-0.15, -0.1) is 0 Å². The average molecular weight is 352 g/mol. The van der Waals surface area contributed by atoms with Crippen molar-refractivity contribution >= 4 is 11.9 Å². The van der Waals surface area contributed by atoms with Crippen molar-refractivity contribution < 1.29 is 18.8 Å². The molecule has 2 heterocycles. The Morgan fingerprint density at radius 1 is 1.44 bits per heavy atom. The second-order valence-corrected chi connectivity index (χ2v) is 6.75. The Morgan fingerprint density at radius 3 is 2.96 bits per heavy atom. The summed E-state index contributed by atoms with van der Waals surface area (Å²) in [7, 11) is 5.27. The van der Waals surface area contributed by atoms with Crippen LogP contribution in [0, 0.1) is 11.8 Å². The summed E-state index contributed by atoms with van der Waals surface area (Å²) < 4.78 is 9.65. The molecule has 0 saturated carbocycles. The maximum atomic E-state index is 12.2. The molecule has 2 atom stereocenters. The topological polar surface area (TPSA) is 96.7 Å². The van der Waals surface area contributed by atoms with Crippen LogP contribution < -0.4 is 10.6 Å². The fourth-order valence-electron chi connectivity index (χ4n) is 3.09. The number of nitrogens with zero attached hydrogens (tertiary/aromatic N) is 2. The van der Waals surface area contributed by atoms with Crippen LogP contribution in [0.3, 0.4) is 0 Å². The van der Waals surface area contributed by atoms with Gasteiger partial charge in [0.1, 0.15) is 0 Å². The van der Waals surface area contributed by atoms with E-state index in [0.29, 0.717) is 31.0 Å². The smallest absolute Gasteiger partial charge is 0.376 e. The van der Waals surface area contributed by atoms with E-state index in [9.17, 15) is 9.59 Å². The standard InChI is InChI=1S/C17H28N4O4/c1-21(2)7-6-19-16(22)9-12-4-5-18-11-13(12)8-14-10-15(25-20-14)17(23)24-3/h10,12-13,18H,4-9,11H2,1-3H3,(H,19,22). The van der Waals surface area contributed by atoms with Crippen molar-refractivity contribution in [1.82, 2.24) is 20.7 Å². The van der Waals surface area contributed by atoms with Gasteiger partial charge in [-0.25, -0.2) is 4.79 Å². The van der Waals surface area contributed by atoms with E-state index in [1.807, 2.05) is 19.0 Å². The van der Waals surface area contributed by atoms with E-state index in [1.54, 1.807) is 6.07 Å². The molecule has 1 aliphatic heterocycles. The van der Waals surface area contributed by atoms with Crippen LogP contribution in [-0.2, 0) is 16.0 Å². The average Bonchev–Trinajstić information content (AvgIpc) is 3.04. The zero-order chi connectivity index (χ0) is 18.2. The number of hydrogen-bond donors (Lipinski definition) is 2. The molecule has 0 spiro atoms. The number of hydrogen-bond acceptors (Lipinski definition) is 7. The van der Waals surface area contributed by atoms with Gasteiger partial charge < -0.3 is 24.8 Å². The minimum Gasteiger partial charge on any atom is -0.463 e. The van der Waals surface area contributed by atoms with Crippen LogP contribution in [0.4, 0.5) is 0 Å². The number of likely N-dealkylation sites (N-methyl/N-ethyl adjacent to an activating group) is 1. The predicted molar refractivity (Wildman–Crippen MR) is 92.2 cm³/mol. The quantitative estimate of drug-likeness (QED) is 0.649. The molecule has 8 nitrogen and oxygen atoms in total. The fraction of sp³-hybridized carbons (Fsp3) is 0.706. The van der Waals surface area contributed by atoms with Crippen LogP contribution in [0.15, 0.2) is 10.6 Å². The second-order valence-electron chi connectivity index (χ2n) is 6.75. The number of methoxy groups -OCH3 is 1. The Kier molecular flexibility index (Phi) is 7.39. The largest absolute Gasteiger partial charge is 0.463 e. The van der Waals surface area contributed by atoms with Crippen LogP contribution in [0.5, 0.6) is 0 Å². The summed E-state index contributed by atoms with van der Waals surface area (Å²) in [5.41, 5.74) is 0.715. The first kappa shape index (κ1) is 19.4. The monoisotopic (exact) mass is 352 g/mol. The van der Waals surface area contributed by atoms with E-state index < -0.39 is 5.97 Å². The molecule has 1 fully saturated rings. The van der Waals surface area contributed by atoms with Crippen LogP contribution in [0.2, 0.25) is 0 Å². The predicted octanol–water partition coefficient (Wildman–Crippen LogP) is 0.297. The zero-order valence-corrected chi connectivity index (χ0v) is 15.2. The van der Waals surface area contributed by atoms with Gasteiger partial charge in [-0.1, -0.05) is 5.16 Å². The van der Waals surface area contributed by atoms with Crippen LogP contribution in [0.1, 0.15) is 29.1 Å². The molecular weight excluding hydrogens is 324 g/mol. The molecule has 0 bridgehead atoms. The van der Waals surface area contributed by atoms with Gasteiger partial charge in [0.25, 0.3) is 0 Å². The van der Waals surface area contributed by atoms with Crippen LogP contribution in [-0.4, -0.2) is 69.3 Å². The van der Waals surface area contributed by atoms with Crippen molar-refractivity contribution in [3.05, 3.63) is 17.5 Å². The number of carbonyl (C=O) groups excluding carboxylic acids is 2. The number of nitrogens with one attached hydrogen (secondary N) is 2. The molecule has 2 unspecified atom stereocenters. The van der Waals surface area contributed by atoms with Gasteiger partial charge in [0.2, 0.25) is 11.7 Å². The second kappa shape index (κ2) is 9.53. The lowest BCUT2D eigenvalue weighted by molar-refractivity contribution is -0.122. The number of esters is 1. The highest BCUT2D eigenvalue weighted by Gasteiger charge is 2.28. The highest BCUT2D eigenvalue weighted by Crippen LogP contribution is 2.26. The molecule has 1 aliphatic rings. The third kappa shape index (κ3) is 6.13. The number of aromatic nitrogens is 1. The first-order valence-electron chi connectivity index (χ1n) is 8.65. The van der Waals surface area contributed by atoms with Crippen molar-refractivity contribution in [3.63, 3.8) is 0 Å². The van der Waals surface area contributed by atoms with Crippen molar-refractivity contribution in [1.29, 1.82) is 0 Å². The molecule has 25 heavy (non-hydrogen) atoms. The summed E-state index contributed by atoms with van der Waals surface area (Å²) in [6.45, 7) is 3.23. The lowest BCUT2D eigenvalue weighted by Crippen LogP contribution is -2.41. The molecule has 2 N–H and O–H groups in total. The number of rotatable bonds is 8. The summed E-state index contributed by atoms with van der Waals surface area (Å²) in [6.07, 6.45) is 2.14. The highest BCUT2D eigenvalue weighted by molar-refractivity contribution is 5.86. The summed E-state index contributed by atoms with van der Waals surface area (Å²) in [5.74, 6) is 0.244. The Labute approximate surface area is 148 Å². The first-order valence-corrected chi connectivity index (χ1v) is 8.65. The van der Waals surface area contributed by atoms with Gasteiger partial charge in [0, 0.05) is 25.6 Å². The Hall–Kier alpha value is -1.93. The summed E-state index contributed by atoms with van der Waals surface area (Å²) in [5, 5.41) is 10.3. The lowest BCUT2D eigenvalue weighted by Gasteiger charge is -2.31. The Balaban J connectivity index is 1.88. The molecule has 140 valence electrons. The van der Waals surface area contributed by atoms with Gasteiger partial charge in [0.05, 0.1) is 12.8 Å². The number of carbonyl (C=O) groups is 2. The highest BCUT2D eigenvalue weighted by atomic mass is 16.5. The molecular formula is C17H28N4O4. The molecule has 0 aromatic carbocycles. The first-order chi connectivity index (χ1) is 12.0. The van der Waals surface area contributed by atoms with Crippen molar-refractivity contribution in [2.24, 2.45) is 11.8 Å². The maximum Gasteiger partial charge on any atom is 0.376 e. The van der Waals surface area contributed by atoms with Gasteiger partial charge in [-0.05, 0) is 51.9 Å². The minimum atomic E-state index is -0.530. The minimum absolute atomic E-state index is 0.0918. The van der Waals surface area contributed by atoms with E-state index in [0.717, 1.165) is 26.1 Å². The SMILES string of the molecule is COC(=O)c1cc(CC2CNCCC2CC(=O)NCCN(C)C)no1. The van der Waals surface area contributed by atoms with Gasteiger partial charge in [0.15, 0.2) is 0 Å². The molecule has 1 aromatic heterocycles. The van der Waals surface area contributed by atoms with E-state index in [2.05, 4.69) is 20.5 Å². The van der Waals surface area contributed by atoms with E-state index in [-0.39, 0.29) is 17.6 Å². The summed E-state index contributed by atoms with van der Waals surface area (Å²) in [6, 6.07) is 1.62. The van der Waals surface area contributed by atoms with Crippen molar-refractivity contribution in [2.45, 2.75) is 19.3 Å². The maximum absolute atomic E-state index is 12.2. The van der Waals surface area contributed by atoms with Crippen molar-refractivity contribution in [3.8, 4) is 0 Å². The summed E-state index contributed by atoms with van der Waals surface area (Å²) >= 11 is 0. The number of piperidine rings is 1. The van der Waals surface area contributed by atoms with E-state index in [1.165, 1.54) is 7.11 Å². The van der Waals surface area contributed by atoms with Crippen molar-refractivity contribution in [2.75, 3.05) is 47.4 Å². The van der Waals surface area contributed by atoms with E-state index >= 15 is 0 Å². The number of amides is 1. The third-order valence-corrected chi connectivity index (χ3v) is 4.51. The van der Waals surface area contributed by atoms with Gasteiger partial charge in [-0.2, -0.15) is 0 Å². The van der Waals surface area contributed by atoms with Crippen LogP contribution >= 0.6 is 0 Å². The fourth-order valence-corrected chi connectivity index (χ4v) is 3.09. The van der Waals surface area contributed by atoms with Gasteiger partial charge >= 0.3 is 5.97 Å². The lowest BCUT2D eigenvalue weighted by atomic mass is 9.81. The zero-order valence-electron chi connectivity index (χ0n) is 15.2. The molecule has 0 aliphatic carbocycles. The normalized spacial score (nSPS) is 20.5.